The highest BCUT2D eigenvalue weighted by molar-refractivity contribution is 7.92. The second kappa shape index (κ2) is 13.3. The highest BCUT2D eigenvalue weighted by atomic mass is 35.5. The van der Waals surface area contributed by atoms with Crippen LogP contribution in [0.25, 0.3) is 0 Å². The van der Waals surface area contributed by atoms with Crippen LogP contribution in [0.4, 0.5) is 5.69 Å². The van der Waals surface area contributed by atoms with Gasteiger partial charge in [0.1, 0.15) is 12.6 Å². The SMILES string of the molecule is CC[C@H](C)NC(=O)[C@H](C)N(Cc1cccc(C)c1)C(=O)CN(c1cc(Cl)ccc1C)S(=O)(=O)c1ccc(C)cc1. The summed E-state index contributed by atoms with van der Waals surface area (Å²) in [6.45, 7) is 10.7. The van der Waals surface area contributed by atoms with Gasteiger partial charge in [-0.3, -0.25) is 13.9 Å². The largest absolute Gasteiger partial charge is 0.352 e. The Labute approximate surface area is 243 Å². The molecule has 0 bridgehead atoms. The van der Waals surface area contributed by atoms with Crippen LogP contribution in [0, 0.1) is 20.8 Å². The fourth-order valence-electron chi connectivity index (χ4n) is 4.26. The van der Waals surface area contributed by atoms with Crippen molar-refractivity contribution in [3.05, 3.63) is 94.0 Å². The van der Waals surface area contributed by atoms with Crippen molar-refractivity contribution >= 4 is 39.1 Å². The molecule has 214 valence electrons. The molecule has 1 N–H and O–H groups in total. The van der Waals surface area contributed by atoms with Gasteiger partial charge in [-0.05, 0) is 76.4 Å². The molecule has 9 heteroatoms. The Balaban J connectivity index is 2.07. The van der Waals surface area contributed by atoms with Gasteiger partial charge in [-0.15, -0.1) is 0 Å². The Morgan fingerprint density at radius 3 is 2.23 bits per heavy atom. The third-order valence-electron chi connectivity index (χ3n) is 6.93. The van der Waals surface area contributed by atoms with E-state index in [4.69, 9.17) is 11.6 Å². The highest BCUT2D eigenvalue weighted by Crippen LogP contribution is 2.30. The first kappa shape index (κ1) is 31.2. The average Bonchev–Trinajstić information content (AvgIpc) is 2.91. The summed E-state index contributed by atoms with van der Waals surface area (Å²) in [6, 6.07) is 18.2. The number of sulfonamides is 1. The summed E-state index contributed by atoms with van der Waals surface area (Å²) >= 11 is 6.28. The minimum Gasteiger partial charge on any atom is -0.352 e. The normalized spacial score (nSPS) is 12.9. The van der Waals surface area contributed by atoms with Crippen LogP contribution in [0.15, 0.2) is 71.6 Å². The summed E-state index contributed by atoms with van der Waals surface area (Å²) in [5.74, 6) is -0.814. The lowest BCUT2D eigenvalue weighted by molar-refractivity contribution is -0.139. The van der Waals surface area contributed by atoms with Gasteiger partial charge in [0, 0.05) is 17.6 Å². The van der Waals surface area contributed by atoms with E-state index in [9.17, 15) is 18.0 Å². The number of benzene rings is 3. The molecule has 0 aromatic heterocycles. The topological polar surface area (TPSA) is 86.8 Å². The maximum atomic E-state index is 14.1. The summed E-state index contributed by atoms with van der Waals surface area (Å²) in [5.41, 5.74) is 3.70. The predicted molar refractivity (Wildman–Crippen MR) is 161 cm³/mol. The monoisotopic (exact) mass is 583 g/mol. The second-order valence-corrected chi connectivity index (χ2v) is 12.6. The van der Waals surface area contributed by atoms with Gasteiger partial charge in [-0.2, -0.15) is 0 Å². The molecule has 0 unspecified atom stereocenters. The lowest BCUT2D eigenvalue weighted by Gasteiger charge is -2.33. The third kappa shape index (κ3) is 7.64. The van der Waals surface area contributed by atoms with Crippen molar-refractivity contribution in [3.8, 4) is 0 Å². The molecule has 0 spiro atoms. The summed E-state index contributed by atoms with van der Waals surface area (Å²) < 4.78 is 29.1. The molecule has 2 amide bonds. The fourth-order valence-corrected chi connectivity index (χ4v) is 5.89. The molecule has 0 saturated heterocycles. The van der Waals surface area contributed by atoms with E-state index >= 15 is 0 Å². The van der Waals surface area contributed by atoms with Crippen LogP contribution in [-0.4, -0.2) is 43.8 Å². The van der Waals surface area contributed by atoms with Crippen LogP contribution >= 0.6 is 11.6 Å². The molecule has 40 heavy (non-hydrogen) atoms. The van der Waals surface area contributed by atoms with Gasteiger partial charge in [-0.1, -0.05) is 72.1 Å². The molecule has 0 aliphatic carbocycles. The molecular weight excluding hydrogens is 546 g/mol. The van der Waals surface area contributed by atoms with Crippen LogP contribution < -0.4 is 9.62 Å². The fraction of sp³-hybridized carbons (Fsp3) is 0.355. The van der Waals surface area contributed by atoms with Crippen molar-refractivity contribution in [1.82, 2.24) is 10.2 Å². The van der Waals surface area contributed by atoms with Crippen molar-refractivity contribution in [3.63, 3.8) is 0 Å². The minimum atomic E-state index is -4.16. The van der Waals surface area contributed by atoms with Gasteiger partial charge in [0.25, 0.3) is 10.0 Å². The van der Waals surface area contributed by atoms with Gasteiger partial charge in [0.05, 0.1) is 10.6 Å². The second-order valence-electron chi connectivity index (χ2n) is 10.3. The first-order valence-corrected chi connectivity index (χ1v) is 15.2. The van der Waals surface area contributed by atoms with Crippen molar-refractivity contribution in [2.75, 3.05) is 10.8 Å². The Morgan fingerprint density at radius 2 is 1.60 bits per heavy atom. The molecule has 0 saturated carbocycles. The van der Waals surface area contributed by atoms with E-state index in [-0.39, 0.29) is 23.4 Å². The zero-order valence-corrected chi connectivity index (χ0v) is 25.5. The number of nitrogens with one attached hydrogen (secondary N) is 1. The lowest BCUT2D eigenvalue weighted by Crippen LogP contribution is -2.52. The molecule has 3 rings (SSSR count). The summed E-state index contributed by atoms with van der Waals surface area (Å²) in [7, 11) is -4.16. The number of carbonyl (C=O) groups is 2. The summed E-state index contributed by atoms with van der Waals surface area (Å²) in [6.07, 6.45) is 0.737. The molecule has 0 heterocycles. The van der Waals surface area contributed by atoms with Gasteiger partial charge in [0.15, 0.2) is 0 Å². The third-order valence-corrected chi connectivity index (χ3v) is 8.94. The van der Waals surface area contributed by atoms with E-state index in [0.717, 1.165) is 27.4 Å². The Morgan fingerprint density at radius 1 is 0.925 bits per heavy atom. The average molecular weight is 584 g/mol. The van der Waals surface area contributed by atoms with Gasteiger partial charge in [0.2, 0.25) is 11.8 Å². The van der Waals surface area contributed by atoms with Crippen LogP contribution in [0.5, 0.6) is 0 Å². The van der Waals surface area contributed by atoms with Crippen molar-refractivity contribution in [2.45, 2.75) is 71.5 Å². The molecular formula is C31H38ClN3O4S. The van der Waals surface area contributed by atoms with Crippen LogP contribution in [-0.2, 0) is 26.2 Å². The van der Waals surface area contributed by atoms with Crippen molar-refractivity contribution < 1.29 is 18.0 Å². The number of carbonyl (C=O) groups excluding carboxylic acids is 2. The van der Waals surface area contributed by atoms with Crippen molar-refractivity contribution in [1.29, 1.82) is 0 Å². The maximum Gasteiger partial charge on any atom is 0.264 e. The molecule has 3 aromatic rings. The van der Waals surface area contributed by atoms with E-state index in [2.05, 4.69) is 5.32 Å². The molecule has 2 atom stereocenters. The number of hydrogen-bond donors (Lipinski definition) is 1. The van der Waals surface area contributed by atoms with Crippen LogP contribution in [0.1, 0.15) is 49.4 Å². The first-order valence-electron chi connectivity index (χ1n) is 13.3. The number of aryl methyl sites for hydroxylation is 3. The van der Waals surface area contributed by atoms with Crippen LogP contribution in [0.2, 0.25) is 5.02 Å². The quantitative estimate of drug-likeness (QED) is 0.309. The maximum absolute atomic E-state index is 14.1. The predicted octanol–water partition coefficient (Wildman–Crippen LogP) is 5.79. The Kier molecular flexibility index (Phi) is 10.4. The Bertz CT molecular complexity index is 1460. The smallest absolute Gasteiger partial charge is 0.264 e. The number of hydrogen-bond acceptors (Lipinski definition) is 4. The molecule has 7 nitrogen and oxygen atoms in total. The highest BCUT2D eigenvalue weighted by Gasteiger charge is 2.33. The van der Waals surface area contributed by atoms with Crippen molar-refractivity contribution in [2.24, 2.45) is 0 Å². The zero-order valence-electron chi connectivity index (χ0n) is 23.9. The number of anilines is 1. The van der Waals surface area contributed by atoms with E-state index in [1.54, 1.807) is 44.2 Å². The Hall–Kier alpha value is -3.36. The summed E-state index contributed by atoms with van der Waals surface area (Å²) in [4.78, 5) is 28.7. The van der Waals surface area contributed by atoms with Crippen LogP contribution in [0.3, 0.4) is 0 Å². The number of halogens is 1. The molecule has 0 aliphatic heterocycles. The molecule has 0 fully saturated rings. The van der Waals surface area contributed by atoms with E-state index in [1.807, 2.05) is 52.0 Å². The van der Waals surface area contributed by atoms with E-state index < -0.39 is 28.5 Å². The minimum absolute atomic E-state index is 0.0538. The van der Waals surface area contributed by atoms with E-state index in [1.165, 1.54) is 17.0 Å². The number of rotatable bonds is 11. The van der Waals surface area contributed by atoms with Gasteiger partial charge < -0.3 is 10.2 Å². The van der Waals surface area contributed by atoms with Gasteiger partial charge >= 0.3 is 0 Å². The lowest BCUT2D eigenvalue weighted by atomic mass is 10.1. The standard InChI is InChI=1S/C31H38ClN3O4S/c1-7-24(5)33-31(37)25(6)34(19-26-10-8-9-22(3)17-26)30(36)20-35(29-18-27(32)14-13-23(29)4)40(38,39)28-15-11-21(2)12-16-28/h8-18,24-25H,7,19-20H2,1-6H3,(H,33,37)/t24-,25-/m0/s1. The zero-order chi connectivity index (χ0) is 29.6. The van der Waals surface area contributed by atoms with Gasteiger partial charge in [-0.25, -0.2) is 8.42 Å². The molecule has 3 aromatic carbocycles. The first-order chi connectivity index (χ1) is 18.8. The molecule has 0 aliphatic rings. The number of amides is 2. The number of nitrogens with zero attached hydrogens (tertiary/aromatic N) is 2. The summed E-state index contributed by atoms with van der Waals surface area (Å²) in [5, 5.41) is 3.29. The van der Waals surface area contributed by atoms with E-state index in [0.29, 0.717) is 16.3 Å². The molecule has 0 radical (unpaired) electrons.